The molecule has 0 atom stereocenters. The van der Waals surface area contributed by atoms with Crippen molar-refractivity contribution in [1.82, 2.24) is 0 Å². The molecule has 0 aliphatic carbocycles. The van der Waals surface area contributed by atoms with Gasteiger partial charge in [-0.25, -0.2) is 4.79 Å². The number of hydrogen-bond donors (Lipinski definition) is 0. The van der Waals surface area contributed by atoms with Gasteiger partial charge in [0.15, 0.2) is 17.3 Å². The predicted octanol–water partition coefficient (Wildman–Crippen LogP) is 4.84. The third kappa shape index (κ3) is 5.71. The monoisotopic (exact) mass is 448 g/mol. The van der Waals surface area contributed by atoms with E-state index in [-0.39, 0.29) is 5.78 Å². The smallest absolute Gasteiger partial charge is 0.343 e. The zero-order valence-electron chi connectivity index (χ0n) is 18.8. The second kappa shape index (κ2) is 10.9. The average Bonchev–Trinajstić information content (AvgIpc) is 2.87. The van der Waals surface area contributed by atoms with E-state index in [2.05, 4.69) is 0 Å². The minimum atomic E-state index is -0.527. The molecule has 0 radical (unpaired) electrons. The number of benzene rings is 3. The Morgan fingerprint density at radius 1 is 0.667 bits per heavy atom. The summed E-state index contributed by atoms with van der Waals surface area (Å²) in [6.07, 6.45) is 3.13. The van der Waals surface area contributed by atoms with Crippen LogP contribution >= 0.6 is 0 Å². The molecule has 3 aromatic rings. The average molecular weight is 448 g/mol. The van der Waals surface area contributed by atoms with Crippen LogP contribution in [0.3, 0.4) is 0 Å². The van der Waals surface area contributed by atoms with Gasteiger partial charge in [0.2, 0.25) is 0 Å². The fourth-order valence-corrected chi connectivity index (χ4v) is 3.04. The lowest BCUT2D eigenvalue weighted by atomic mass is 10.1. The number of allylic oxidation sites excluding steroid dienone is 1. The standard InChI is InChI=1S/C26H24O7/c1-29-20-11-12-21(24(16-20)31-3)22(27)13-7-17-5-9-19(10-6-17)33-26(28)18-8-14-23(30-2)25(15-18)32-4/h5-16H,1-4H3. The molecule has 0 saturated carbocycles. The molecule has 0 heterocycles. The predicted molar refractivity (Wildman–Crippen MR) is 124 cm³/mol. The van der Waals surface area contributed by atoms with Crippen LogP contribution in [-0.2, 0) is 0 Å². The van der Waals surface area contributed by atoms with E-state index in [0.29, 0.717) is 39.9 Å². The molecular weight excluding hydrogens is 424 g/mol. The largest absolute Gasteiger partial charge is 0.497 e. The lowest BCUT2D eigenvalue weighted by Crippen LogP contribution is -2.08. The summed E-state index contributed by atoms with van der Waals surface area (Å²) >= 11 is 0. The molecule has 0 aliphatic rings. The normalized spacial score (nSPS) is 10.5. The number of rotatable bonds is 9. The van der Waals surface area contributed by atoms with Crippen molar-refractivity contribution in [2.24, 2.45) is 0 Å². The summed E-state index contributed by atoms with van der Waals surface area (Å²) in [6, 6.07) is 16.6. The molecule has 33 heavy (non-hydrogen) atoms. The Labute approximate surface area is 192 Å². The number of ketones is 1. The minimum absolute atomic E-state index is 0.210. The topological polar surface area (TPSA) is 80.3 Å². The summed E-state index contributed by atoms with van der Waals surface area (Å²) in [5.74, 6) is 1.62. The number of hydrogen-bond acceptors (Lipinski definition) is 7. The zero-order chi connectivity index (χ0) is 23.8. The van der Waals surface area contributed by atoms with Gasteiger partial charge in [-0.1, -0.05) is 18.2 Å². The minimum Gasteiger partial charge on any atom is -0.497 e. The van der Waals surface area contributed by atoms with Crippen molar-refractivity contribution in [2.75, 3.05) is 28.4 Å². The molecule has 170 valence electrons. The highest BCUT2D eigenvalue weighted by molar-refractivity contribution is 6.08. The maximum Gasteiger partial charge on any atom is 0.343 e. The molecule has 0 fully saturated rings. The van der Waals surface area contributed by atoms with Gasteiger partial charge in [-0.05, 0) is 54.1 Å². The number of carbonyl (C=O) groups is 2. The molecule has 0 N–H and O–H groups in total. The van der Waals surface area contributed by atoms with Crippen LogP contribution in [0.5, 0.6) is 28.7 Å². The van der Waals surface area contributed by atoms with E-state index >= 15 is 0 Å². The highest BCUT2D eigenvalue weighted by Crippen LogP contribution is 2.28. The molecule has 0 spiro atoms. The summed E-state index contributed by atoms with van der Waals surface area (Å²) in [5.41, 5.74) is 1.52. The van der Waals surface area contributed by atoms with Crippen molar-refractivity contribution in [3.63, 3.8) is 0 Å². The lowest BCUT2D eigenvalue weighted by molar-refractivity contribution is 0.0734. The Morgan fingerprint density at radius 2 is 1.33 bits per heavy atom. The van der Waals surface area contributed by atoms with Crippen LogP contribution in [0.1, 0.15) is 26.3 Å². The van der Waals surface area contributed by atoms with Gasteiger partial charge in [0.1, 0.15) is 17.2 Å². The van der Waals surface area contributed by atoms with Gasteiger partial charge in [-0.2, -0.15) is 0 Å². The Hall–Kier alpha value is -4.26. The van der Waals surface area contributed by atoms with Crippen LogP contribution in [-0.4, -0.2) is 40.2 Å². The summed E-state index contributed by atoms with van der Waals surface area (Å²) in [5, 5.41) is 0. The van der Waals surface area contributed by atoms with E-state index in [1.54, 1.807) is 73.8 Å². The number of carbonyl (C=O) groups excluding carboxylic acids is 2. The summed E-state index contributed by atoms with van der Waals surface area (Å²) in [4.78, 5) is 25.0. The van der Waals surface area contributed by atoms with Crippen LogP contribution in [0, 0.1) is 0 Å². The van der Waals surface area contributed by atoms with Crippen molar-refractivity contribution >= 4 is 17.8 Å². The molecule has 0 bridgehead atoms. The highest BCUT2D eigenvalue weighted by Gasteiger charge is 2.13. The van der Waals surface area contributed by atoms with E-state index in [1.165, 1.54) is 27.4 Å². The second-order valence-electron chi connectivity index (χ2n) is 6.79. The van der Waals surface area contributed by atoms with Crippen molar-refractivity contribution in [1.29, 1.82) is 0 Å². The van der Waals surface area contributed by atoms with Crippen molar-refractivity contribution in [2.45, 2.75) is 0 Å². The summed E-state index contributed by atoms with van der Waals surface area (Å²) in [7, 11) is 6.06. The quantitative estimate of drug-likeness (QED) is 0.201. The van der Waals surface area contributed by atoms with Crippen LogP contribution in [0.4, 0.5) is 0 Å². The van der Waals surface area contributed by atoms with Crippen molar-refractivity contribution in [3.05, 3.63) is 83.4 Å². The van der Waals surface area contributed by atoms with E-state index in [9.17, 15) is 9.59 Å². The number of methoxy groups -OCH3 is 4. The maximum absolute atomic E-state index is 12.6. The van der Waals surface area contributed by atoms with Crippen LogP contribution in [0.25, 0.3) is 6.08 Å². The number of ether oxygens (including phenoxy) is 5. The lowest BCUT2D eigenvalue weighted by Gasteiger charge is -2.09. The van der Waals surface area contributed by atoms with E-state index in [1.807, 2.05) is 0 Å². The van der Waals surface area contributed by atoms with Gasteiger partial charge < -0.3 is 23.7 Å². The van der Waals surface area contributed by atoms with Gasteiger partial charge in [0, 0.05) is 6.07 Å². The first kappa shape index (κ1) is 23.4. The van der Waals surface area contributed by atoms with E-state index in [0.717, 1.165) is 5.56 Å². The molecule has 0 unspecified atom stereocenters. The van der Waals surface area contributed by atoms with Gasteiger partial charge in [-0.3, -0.25) is 4.79 Å². The van der Waals surface area contributed by atoms with E-state index in [4.69, 9.17) is 23.7 Å². The van der Waals surface area contributed by atoms with Crippen molar-refractivity contribution in [3.8, 4) is 28.7 Å². The van der Waals surface area contributed by atoms with Crippen molar-refractivity contribution < 1.29 is 33.3 Å². The second-order valence-corrected chi connectivity index (χ2v) is 6.79. The molecular formula is C26H24O7. The van der Waals surface area contributed by atoms with Crippen LogP contribution in [0.15, 0.2) is 66.7 Å². The van der Waals surface area contributed by atoms with Gasteiger partial charge in [0.25, 0.3) is 0 Å². The molecule has 0 aromatic heterocycles. The first-order valence-electron chi connectivity index (χ1n) is 9.97. The molecule has 0 aliphatic heterocycles. The molecule has 3 aromatic carbocycles. The molecule has 7 nitrogen and oxygen atoms in total. The summed E-state index contributed by atoms with van der Waals surface area (Å²) in [6.45, 7) is 0. The zero-order valence-corrected chi connectivity index (χ0v) is 18.8. The molecule has 3 rings (SSSR count). The fraction of sp³-hybridized carbons (Fsp3) is 0.154. The molecule has 0 saturated heterocycles. The molecule has 7 heteroatoms. The van der Waals surface area contributed by atoms with Crippen LogP contribution < -0.4 is 23.7 Å². The Balaban J connectivity index is 1.67. The Kier molecular flexibility index (Phi) is 7.70. The Bertz CT molecular complexity index is 1160. The summed E-state index contributed by atoms with van der Waals surface area (Å²) < 4.78 is 26.2. The van der Waals surface area contributed by atoms with Gasteiger partial charge in [0.05, 0.1) is 39.6 Å². The Morgan fingerprint density at radius 3 is 1.97 bits per heavy atom. The van der Waals surface area contributed by atoms with Gasteiger partial charge in [-0.15, -0.1) is 0 Å². The fourth-order valence-electron chi connectivity index (χ4n) is 3.04. The van der Waals surface area contributed by atoms with Crippen LogP contribution in [0.2, 0.25) is 0 Å². The first-order valence-corrected chi connectivity index (χ1v) is 9.97. The third-order valence-corrected chi connectivity index (χ3v) is 4.81. The maximum atomic E-state index is 12.6. The van der Waals surface area contributed by atoms with Gasteiger partial charge >= 0.3 is 5.97 Å². The third-order valence-electron chi connectivity index (χ3n) is 4.81. The molecule has 0 amide bonds. The van der Waals surface area contributed by atoms with E-state index < -0.39 is 5.97 Å². The first-order chi connectivity index (χ1) is 16.0. The SMILES string of the molecule is COc1ccc(C(=O)C=Cc2ccc(OC(=O)c3ccc(OC)c(OC)c3)cc2)c(OC)c1. The highest BCUT2D eigenvalue weighted by atomic mass is 16.5. The number of esters is 1.